The number of nitrogens with zero attached hydrogens (tertiary/aromatic N) is 3. The largest absolute Gasteiger partial charge is 0.335 e. The van der Waals surface area contributed by atoms with E-state index in [-0.39, 0.29) is 0 Å². The fourth-order valence-corrected chi connectivity index (χ4v) is 4.98. The summed E-state index contributed by atoms with van der Waals surface area (Å²) in [4.78, 5) is 21.1. The van der Waals surface area contributed by atoms with Crippen LogP contribution >= 0.6 is 0 Å². The van der Waals surface area contributed by atoms with Crippen molar-refractivity contribution >= 4 is 5.91 Å². The number of hydrogen-bond donors (Lipinski definition) is 0. The fraction of sp³-hybridized carbons (Fsp3) is 0.636. The van der Waals surface area contributed by atoms with Gasteiger partial charge in [-0.15, -0.1) is 0 Å². The number of carbonyl (C=O) groups excluding carboxylic acids is 1. The summed E-state index contributed by atoms with van der Waals surface area (Å²) in [6.07, 6.45) is 16.6. The minimum atomic E-state index is 0.364. The Balaban J connectivity index is 1.21. The van der Waals surface area contributed by atoms with Gasteiger partial charge in [0.2, 0.25) is 5.91 Å². The SMILES string of the molecule is O=C(CC1CCC2(CC1)CCN(Cc1ccncc1)CC2)N1CC=CC1. The lowest BCUT2D eigenvalue weighted by molar-refractivity contribution is -0.131. The summed E-state index contributed by atoms with van der Waals surface area (Å²) in [5.41, 5.74) is 1.93. The minimum absolute atomic E-state index is 0.364. The zero-order chi connectivity index (χ0) is 17.8. The molecular weight excluding hydrogens is 322 g/mol. The van der Waals surface area contributed by atoms with Gasteiger partial charge in [0.25, 0.3) is 0 Å². The molecule has 1 spiro atoms. The minimum Gasteiger partial charge on any atom is -0.335 e. The molecule has 0 atom stereocenters. The summed E-state index contributed by atoms with van der Waals surface area (Å²) in [6.45, 7) is 5.13. The summed E-state index contributed by atoms with van der Waals surface area (Å²) in [5, 5.41) is 0. The van der Waals surface area contributed by atoms with Crippen LogP contribution in [0.25, 0.3) is 0 Å². The molecule has 2 fully saturated rings. The molecule has 2 aliphatic heterocycles. The van der Waals surface area contributed by atoms with Gasteiger partial charge in [-0.2, -0.15) is 0 Å². The first-order valence-electron chi connectivity index (χ1n) is 10.3. The average Bonchev–Trinajstić information content (AvgIpc) is 3.22. The number of piperidine rings is 1. The average molecular weight is 354 g/mol. The van der Waals surface area contributed by atoms with E-state index in [0.29, 0.717) is 17.2 Å². The Labute approximate surface area is 157 Å². The Bertz CT molecular complexity index is 616. The second-order valence-corrected chi connectivity index (χ2v) is 8.55. The maximum atomic E-state index is 12.4. The van der Waals surface area contributed by atoms with E-state index >= 15 is 0 Å². The Hall–Kier alpha value is -1.68. The summed E-state index contributed by atoms with van der Waals surface area (Å²) in [5.74, 6) is 0.978. The van der Waals surface area contributed by atoms with Crippen molar-refractivity contribution in [3.8, 4) is 0 Å². The van der Waals surface area contributed by atoms with E-state index in [2.05, 4.69) is 34.2 Å². The van der Waals surface area contributed by atoms with E-state index < -0.39 is 0 Å². The lowest BCUT2D eigenvalue weighted by Gasteiger charge is -2.46. The molecule has 26 heavy (non-hydrogen) atoms. The number of aromatic nitrogens is 1. The topological polar surface area (TPSA) is 36.4 Å². The molecule has 1 saturated heterocycles. The van der Waals surface area contributed by atoms with Gasteiger partial charge in [-0.25, -0.2) is 0 Å². The Kier molecular flexibility index (Phi) is 5.39. The maximum Gasteiger partial charge on any atom is 0.223 e. The highest BCUT2D eigenvalue weighted by Gasteiger charge is 2.38. The van der Waals surface area contributed by atoms with Gasteiger partial charge in [0.15, 0.2) is 0 Å². The van der Waals surface area contributed by atoms with Crippen LogP contribution in [0, 0.1) is 11.3 Å². The van der Waals surface area contributed by atoms with Gasteiger partial charge in [-0.1, -0.05) is 12.2 Å². The van der Waals surface area contributed by atoms with Crippen molar-refractivity contribution in [2.24, 2.45) is 11.3 Å². The summed E-state index contributed by atoms with van der Waals surface area (Å²) >= 11 is 0. The van der Waals surface area contributed by atoms with E-state index in [1.807, 2.05) is 17.3 Å². The molecule has 1 amide bonds. The first-order valence-corrected chi connectivity index (χ1v) is 10.3. The molecule has 0 radical (unpaired) electrons. The van der Waals surface area contributed by atoms with Crippen molar-refractivity contribution in [1.82, 2.24) is 14.8 Å². The van der Waals surface area contributed by atoms with Crippen LogP contribution in [-0.2, 0) is 11.3 Å². The van der Waals surface area contributed by atoms with Crippen LogP contribution in [0.5, 0.6) is 0 Å². The van der Waals surface area contributed by atoms with E-state index in [4.69, 9.17) is 0 Å². The van der Waals surface area contributed by atoms with Crippen molar-refractivity contribution in [2.45, 2.75) is 51.5 Å². The molecule has 1 saturated carbocycles. The highest BCUT2D eigenvalue weighted by Crippen LogP contribution is 2.47. The molecular formula is C22H31N3O. The standard InChI is InChI=1S/C22H31N3O/c26-21(25-13-1-2-14-25)17-19-3-7-22(8-4-19)9-15-24(16-10-22)18-20-5-11-23-12-6-20/h1-2,5-6,11-12,19H,3-4,7-10,13-18H2. The molecule has 1 aromatic rings. The number of likely N-dealkylation sites (tertiary alicyclic amines) is 1. The van der Waals surface area contributed by atoms with E-state index in [0.717, 1.165) is 26.1 Å². The predicted octanol–water partition coefficient (Wildman–Crippen LogP) is 3.64. The number of pyridine rings is 1. The second-order valence-electron chi connectivity index (χ2n) is 8.55. The second kappa shape index (κ2) is 7.91. The summed E-state index contributed by atoms with van der Waals surface area (Å²) < 4.78 is 0. The van der Waals surface area contributed by atoms with Crippen LogP contribution in [0.4, 0.5) is 0 Å². The molecule has 3 heterocycles. The monoisotopic (exact) mass is 353 g/mol. The zero-order valence-electron chi connectivity index (χ0n) is 15.8. The Morgan fingerprint density at radius 3 is 2.35 bits per heavy atom. The Morgan fingerprint density at radius 1 is 1.04 bits per heavy atom. The predicted molar refractivity (Wildman–Crippen MR) is 103 cm³/mol. The van der Waals surface area contributed by atoms with Gasteiger partial charge in [0, 0.05) is 38.4 Å². The smallest absolute Gasteiger partial charge is 0.223 e. The van der Waals surface area contributed by atoms with E-state index in [9.17, 15) is 4.79 Å². The van der Waals surface area contributed by atoms with Crippen molar-refractivity contribution in [1.29, 1.82) is 0 Å². The Morgan fingerprint density at radius 2 is 1.69 bits per heavy atom. The van der Waals surface area contributed by atoms with Gasteiger partial charge in [0.05, 0.1) is 0 Å². The zero-order valence-corrected chi connectivity index (χ0v) is 15.8. The molecule has 3 aliphatic rings. The van der Waals surface area contributed by atoms with Crippen molar-refractivity contribution in [3.63, 3.8) is 0 Å². The van der Waals surface area contributed by atoms with Crippen molar-refractivity contribution in [2.75, 3.05) is 26.2 Å². The van der Waals surface area contributed by atoms with Crippen molar-refractivity contribution < 1.29 is 4.79 Å². The number of carbonyl (C=O) groups is 1. The van der Waals surface area contributed by atoms with Crippen LogP contribution < -0.4 is 0 Å². The third kappa shape index (κ3) is 4.17. The highest BCUT2D eigenvalue weighted by molar-refractivity contribution is 5.77. The molecule has 4 rings (SSSR count). The number of hydrogen-bond acceptors (Lipinski definition) is 3. The summed E-state index contributed by atoms with van der Waals surface area (Å²) in [6, 6.07) is 4.25. The lowest BCUT2D eigenvalue weighted by Crippen LogP contribution is -2.42. The first-order chi connectivity index (χ1) is 12.7. The van der Waals surface area contributed by atoms with Gasteiger partial charge >= 0.3 is 0 Å². The van der Waals surface area contributed by atoms with Crippen LogP contribution in [0.1, 0.15) is 50.5 Å². The molecule has 4 heteroatoms. The van der Waals surface area contributed by atoms with Crippen molar-refractivity contribution in [3.05, 3.63) is 42.2 Å². The quantitative estimate of drug-likeness (QED) is 0.776. The lowest BCUT2D eigenvalue weighted by atomic mass is 9.65. The van der Waals surface area contributed by atoms with Gasteiger partial charge in [-0.3, -0.25) is 14.7 Å². The van der Waals surface area contributed by atoms with Crippen LogP contribution in [0.3, 0.4) is 0 Å². The first kappa shape index (κ1) is 17.7. The summed E-state index contributed by atoms with van der Waals surface area (Å²) in [7, 11) is 0. The van der Waals surface area contributed by atoms with Crippen LogP contribution in [0.15, 0.2) is 36.7 Å². The molecule has 0 aromatic carbocycles. The molecule has 1 aliphatic carbocycles. The third-order valence-electron chi connectivity index (χ3n) is 6.87. The van der Waals surface area contributed by atoms with Crippen LogP contribution in [0.2, 0.25) is 0 Å². The van der Waals surface area contributed by atoms with E-state index in [1.165, 1.54) is 57.2 Å². The van der Waals surface area contributed by atoms with Gasteiger partial charge in [-0.05, 0) is 80.6 Å². The molecule has 140 valence electrons. The fourth-order valence-electron chi connectivity index (χ4n) is 4.98. The molecule has 0 N–H and O–H groups in total. The molecule has 4 nitrogen and oxygen atoms in total. The van der Waals surface area contributed by atoms with E-state index in [1.54, 1.807) is 0 Å². The number of rotatable bonds is 4. The van der Waals surface area contributed by atoms with Crippen LogP contribution in [-0.4, -0.2) is 46.9 Å². The van der Waals surface area contributed by atoms with Gasteiger partial charge in [0.1, 0.15) is 0 Å². The molecule has 0 bridgehead atoms. The highest BCUT2D eigenvalue weighted by atomic mass is 16.2. The molecule has 1 aromatic heterocycles. The molecule has 0 unspecified atom stereocenters. The maximum absolute atomic E-state index is 12.4. The normalized spacial score (nSPS) is 23.6. The number of amides is 1. The third-order valence-corrected chi connectivity index (χ3v) is 6.87. The van der Waals surface area contributed by atoms with Gasteiger partial charge < -0.3 is 4.90 Å².